The summed E-state index contributed by atoms with van der Waals surface area (Å²) >= 11 is 0. The summed E-state index contributed by atoms with van der Waals surface area (Å²) in [5, 5.41) is 2.84. The number of carbonyl (C=O) groups is 3. The highest BCUT2D eigenvalue weighted by Gasteiger charge is 2.41. The van der Waals surface area contributed by atoms with Crippen LogP contribution in [-0.2, 0) is 27.2 Å². The number of rotatable bonds is 12. The van der Waals surface area contributed by atoms with Gasteiger partial charge in [-0.05, 0) is 56.9 Å². The first-order valence-corrected chi connectivity index (χ1v) is 19.0. The Kier molecular flexibility index (Phi) is 16.7. The zero-order chi connectivity index (χ0) is 43.0. The van der Waals surface area contributed by atoms with Gasteiger partial charge in [0, 0.05) is 65.9 Å². The normalized spacial score (nSPS) is 18.9. The number of halogens is 9. The topological polar surface area (TPSA) is 101 Å². The van der Waals surface area contributed by atoms with E-state index in [1.54, 1.807) is 20.8 Å². The van der Waals surface area contributed by atoms with Crippen LogP contribution in [0.4, 0.5) is 39.9 Å². The van der Waals surface area contributed by atoms with E-state index in [0.29, 0.717) is 28.9 Å². The molecule has 8 nitrogen and oxygen atoms in total. The number of carbonyl (C=O) groups excluding carboxylic acids is 3. The minimum atomic E-state index is -2.62. The molecule has 0 saturated carbocycles. The number of hydrogen-bond acceptors (Lipinski definition) is 7. The van der Waals surface area contributed by atoms with Crippen LogP contribution in [0.2, 0.25) is 0 Å². The van der Waals surface area contributed by atoms with E-state index in [1.807, 2.05) is 0 Å². The van der Waals surface area contributed by atoms with Gasteiger partial charge in [-0.3, -0.25) is 24.5 Å². The molecule has 2 aromatic heterocycles. The Morgan fingerprint density at radius 1 is 0.750 bits per heavy atom. The lowest BCUT2D eigenvalue weighted by Crippen LogP contribution is -2.43. The number of amides is 1. The maximum Gasteiger partial charge on any atom is 0.411 e. The minimum absolute atomic E-state index is 0. The Bertz CT molecular complexity index is 2090. The van der Waals surface area contributed by atoms with Crippen molar-refractivity contribution in [2.45, 2.75) is 102 Å². The van der Waals surface area contributed by atoms with E-state index >= 15 is 0 Å². The van der Waals surface area contributed by atoms with Crippen LogP contribution in [0.5, 0.6) is 0 Å². The fourth-order valence-corrected chi connectivity index (χ4v) is 6.69. The van der Waals surface area contributed by atoms with Gasteiger partial charge in [-0.1, -0.05) is 48.5 Å². The summed E-state index contributed by atoms with van der Waals surface area (Å²) in [7, 11) is 0. The highest BCUT2D eigenvalue weighted by Crippen LogP contribution is 2.30. The summed E-state index contributed by atoms with van der Waals surface area (Å²) < 4.78 is 112. The highest BCUT2D eigenvalue weighted by atomic mass is 35.5. The number of ketones is 2. The fraction of sp³-hybridized carbons (Fsp3) is 0.419. The summed E-state index contributed by atoms with van der Waals surface area (Å²) in [6.07, 6.45) is -5.53. The van der Waals surface area contributed by atoms with Crippen molar-refractivity contribution >= 4 is 30.1 Å². The monoisotopic (exact) mass is 868 g/mol. The molecule has 4 heterocycles. The first-order valence-electron chi connectivity index (χ1n) is 19.0. The fourth-order valence-electron chi connectivity index (χ4n) is 6.69. The first-order chi connectivity index (χ1) is 27.9. The molecule has 4 aromatic rings. The number of nitrogens with zero attached hydrogens (tertiary/aromatic N) is 3. The second-order valence-electron chi connectivity index (χ2n) is 15.4. The number of benzene rings is 2. The molecule has 2 fully saturated rings. The van der Waals surface area contributed by atoms with Gasteiger partial charge in [0.05, 0.1) is 31.0 Å². The Balaban J connectivity index is 0.000000267. The largest absolute Gasteiger partial charge is 0.444 e. The Morgan fingerprint density at radius 3 is 1.63 bits per heavy atom. The van der Waals surface area contributed by atoms with Gasteiger partial charge in [-0.2, -0.15) is 0 Å². The molecule has 0 unspecified atom stereocenters. The Hall–Kier alpha value is -4.96. The Labute approximate surface area is 348 Å². The molecular weight excluding hydrogens is 824 g/mol. The third kappa shape index (κ3) is 13.0. The summed E-state index contributed by atoms with van der Waals surface area (Å²) in [6.45, 7) is 5.03. The average molecular weight is 869 g/mol. The van der Waals surface area contributed by atoms with E-state index in [1.165, 1.54) is 60.7 Å². The quantitative estimate of drug-likeness (QED) is 0.142. The highest BCUT2D eigenvalue weighted by molar-refractivity contribution is 5.88. The van der Waals surface area contributed by atoms with Crippen LogP contribution in [0.15, 0.2) is 73.1 Å². The molecular formula is C43H45ClF8N4O4. The van der Waals surface area contributed by atoms with Gasteiger partial charge in [0.15, 0.2) is 5.78 Å². The zero-order valence-electron chi connectivity index (χ0n) is 33.0. The number of ether oxygens (including phenoxy) is 1. The van der Waals surface area contributed by atoms with Crippen molar-refractivity contribution in [3.63, 3.8) is 0 Å². The van der Waals surface area contributed by atoms with Gasteiger partial charge in [0.2, 0.25) is 0 Å². The molecule has 0 spiro atoms. The van der Waals surface area contributed by atoms with Crippen molar-refractivity contribution in [2.75, 3.05) is 13.1 Å². The molecule has 0 aliphatic carbocycles. The lowest BCUT2D eigenvalue weighted by molar-refractivity contribution is -0.123. The molecule has 0 bridgehead atoms. The van der Waals surface area contributed by atoms with Gasteiger partial charge in [-0.15, -0.1) is 12.4 Å². The van der Waals surface area contributed by atoms with Crippen molar-refractivity contribution in [1.29, 1.82) is 0 Å². The van der Waals surface area contributed by atoms with Crippen molar-refractivity contribution < 1.29 is 54.2 Å². The molecule has 1 amide bonds. The number of Topliss-reactive ketones (excluding diaryl/α,β-unsaturated/α-hetero) is 2. The Morgan fingerprint density at radius 2 is 1.22 bits per heavy atom. The summed E-state index contributed by atoms with van der Waals surface area (Å²) in [5.74, 6) is -1.63. The predicted octanol–water partition coefficient (Wildman–Crippen LogP) is 10.1. The average Bonchev–Trinajstić information content (AvgIpc) is 3.82. The van der Waals surface area contributed by atoms with Gasteiger partial charge in [0.25, 0.3) is 12.9 Å². The van der Waals surface area contributed by atoms with E-state index < -0.39 is 60.6 Å². The third-order valence-corrected chi connectivity index (χ3v) is 9.74. The molecule has 2 aliphatic rings. The summed E-state index contributed by atoms with van der Waals surface area (Å²) in [4.78, 5) is 46.3. The van der Waals surface area contributed by atoms with Gasteiger partial charge in [-0.25, -0.2) is 39.9 Å². The maximum absolute atomic E-state index is 14.3. The number of likely N-dealkylation sites (tertiary alicyclic amines) is 1. The second kappa shape index (κ2) is 21.0. The number of hydrogen-bond donors (Lipinski definition) is 1. The molecule has 6 rings (SSSR count). The van der Waals surface area contributed by atoms with E-state index in [2.05, 4.69) is 15.3 Å². The van der Waals surface area contributed by atoms with E-state index in [9.17, 15) is 49.5 Å². The van der Waals surface area contributed by atoms with Gasteiger partial charge >= 0.3 is 6.09 Å². The van der Waals surface area contributed by atoms with Crippen molar-refractivity contribution in [3.8, 4) is 22.3 Å². The zero-order valence-corrected chi connectivity index (χ0v) is 33.8. The van der Waals surface area contributed by atoms with Crippen LogP contribution < -0.4 is 5.32 Å². The lowest BCUT2D eigenvalue weighted by atomic mass is 10.0. The van der Waals surface area contributed by atoms with E-state index in [4.69, 9.17) is 4.74 Å². The van der Waals surface area contributed by atoms with Crippen LogP contribution in [-0.4, -0.2) is 75.6 Å². The number of nitrogens with one attached hydrogen (secondary N) is 1. The molecule has 60 heavy (non-hydrogen) atoms. The number of pyridine rings is 2. The van der Waals surface area contributed by atoms with E-state index in [0.717, 1.165) is 17.3 Å². The summed E-state index contributed by atoms with van der Waals surface area (Å²) in [5.41, 5.74) is 1.12. The van der Waals surface area contributed by atoms with Crippen molar-refractivity contribution in [2.24, 2.45) is 0 Å². The summed E-state index contributed by atoms with van der Waals surface area (Å²) in [6, 6.07) is 12.2. The molecule has 2 saturated heterocycles. The minimum Gasteiger partial charge on any atom is -0.444 e. The standard InChI is InChI=1S/C24H26F4N2O3.C19H18F4N2O.ClH/c1-24(2,3)33-23(32)30-13-16(25)10-20(30)21(31)9-8-17-11-18(19(26)12-29-17)14-4-6-15(7-5-14)22(27)28;20-13-7-17(25-9-13)18(26)6-5-14-8-15(16(21)10-24-14)11-1-3-12(4-2-11)19(22)23;/h4-7,11-12,16,20,22H,8-10,13H2,1-3H3;1-4,8,10,13,17,19,25H,5-7,9H2;1H/t16-,20+;13-,17+;/m11./s1. The molecule has 0 radical (unpaired) electrons. The van der Waals surface area contributed by atoms with Crippen molar-refractivity contribution in [3.05, 3.63) is 107 Å². The smallest absolute Gasteiger partial charge is 0.411 e. The van der Waals surface area contributed by atoms with Crippen molar-refractivity contribution in [1.82, 2.24) is 20.2 Å². The van der Waals surface area contributed by atoms with E-state index in [-0.39, 0.29) is 91.4 Å². The second-order valence-corrected chi connectivity index (χ2v) is 15.4. The van der Waals surface area contributed by atoms with Crippen LogP contribution in [0.3, 0.4) is 0 Å². The number of aryl methyl sites for hydroxylation is 2. The predicted molar refractivity (Wildman–Crippen MR) is 211 cm³/mol. The molecule has 4 atom stereocenters. The van der Waals surface area contributed by atoms with Crippen LogP contribution in [0.25, 0.3) is 22.3 Å². The molecule has 17 heteroatoms. The SMILES string of the molecule is CC(C)(C)OC(=O)N1C[C@H](F)C[C@H]1C(=O)CCc1cc(-c2ccc(C(F)F)cc2)c(F)cn1.Cl.O=C(CCc1cc(-c2ccc(C(F)F)cc2)c(F)cn1)[C@@H]1C[C@@H](F)CN1. The third-order valence-electron chi connectivity index (χ3n) is 9.74. The lowest BCUT2D eigenvalue weighted by Gasteiger charge is -2.27. The van der Waals surface area contributed by atoms with Crippen LogP contribution in [0, 0.1) is 11.6 Å². The van der Waals surface area contributed by atoms with Crippen LogP contribution in [0.1, 0.15) is 81.8 Å². The maximum atomic E-state index is 14.3. The molecule has 2 aromatic carbocycles. The number of alkyl halides is 6. The van der Waals surface area contributed by atoms with Gasteiger partial charge in [0.1, 0.15) is 35.4 Å². The molecule has 324 valence electrons. The number of aromatic nitrogens is 2. The molecule has 1 N–H and O–H groups in total. The first kappa shape index (κ1) is 47.7. The van der Waals surface area contributed by atoms with Gasteiger partial charge < -0.3 is 10.1 Å². The molecule has 2 aliphatic heterocycles. The van der Waals surface area contributed by atoms with Crippen LogP contribution >= 0.6 is 12.4 Å².